The van der Waals surface area contributed by atoms with E-state index in [2.05, 4.69) is 31.2 Å². The molecule has 0 radical (unpaired) electrons. The van der Waals surface area contributed by atoms with Crippen LogP contribution in [0.2, 0.25) is 10.2 Å². The maximum absolute atomic E-state index is 6.06. The molecular formula is C12H10BrCl2N3. The van der Waals surface area contributed by atoms with Gasteiger partial charge in [0.1, 0.15) is 0 Å². The monoisotopic (exact) mass is 345 g/mol. The summed E-state index contributed by atoms with van der Waals surface area (Å²) in [4.78, 5) is 8.59. The third-order valence-electron chi connectivity index (χ3n) is 2.45. The van der Waals surface area contributed by atoms with Crippen LogP contribution >= 0.6 is 39.1 Å². The molecule has 1 aromatic heterocycles. The van der Waals surface area contributed by atoms with Crippen LogP contribution in [0.1, 0.15) is 11.4 Å². The van der Waals surface area contributed by atoms with E-state index in [-0.39, 0.29) is 0 Å². The lowest BCUT2D eigenvalue weighted by Gasteiger charge is -2.10. The van der Waals surface area contributed by atoms with E-state index in [0.29, 0.717) is 16.0 Å². The molecule has 1 N–H and O–H groups in total. The van der Waals surface area contributed by atoms with Crippen LogP contribution in [0.25, 0.3) is 0 Å². The smallest absolute Gasteiger partial charge is 0.172 e. The highest BCUT2D eigenvalue weighted by Crippen LogP contribution is 2.30. The predicted molar refractivity (Wildman–Crippen MR) is 79.0 cm³/mol. The standard InChI is InChI=1S/C12H10BrCl2N3/c1-6-7(2)17-12(11(15)16-6)18-10-4-3-8(14)5-9(10)13/h3-5H,1-2H3,(H,17,18). The van der Waals surface area contributed by atoms with E-state index in [1.807, 2.05) is 19.9 Å². The summed E-state index contributed by atoms with van der Waals surface area (Å²) in [5, 5.41) is 4.13. The molecule has 0 aliphatic carbocycles. The molecule has 0 fully saturated rings. The SMILES string of the molecule is Cc1nc(Cl)c(Nc2ccc(Cl)cc2Br)nc1C. The molecule has 18 heavy (non-hydrogen) atoms. The van der Waals surface area contributed by atoms with Crippen LogP contribution in [0.15, 0.2) is 22.7 Å². The van der Waals surface area contributed by atoms with Gasteiger partial charge in [-0.15, -0.1) is 0 Å². The Balaban J connectivity index is 2.37. The van der Waals surface area contributed by atoms with Gasteiger partial charge in [0.25, 0.3) is 0 Å². The van der Waals surface area contributed by atoms with Crippen molar-refractivity contribution in [1.82, 2.24) is 9.97 Å². The first-order chi connectivity index (χ1) is 8.47. The molecule has 0 saturated carbocycles. The molecule has 2 rings (SSSR count). The van der Waals surface area contributed by atoms with E-state index < -0.39 is 0 Å². The number of anilines is 2. The molecule has 1 heterocycles. The largest absolute Gasteiger partial charge is 0.337 e. The predicted octanol–water partition coefficient (Wildman–Crippen LogP) is 4.91. The van der Waals surface area contributed by atoms with Crippen LogP contribution in [0, 0.1) is 13.8 Å². The first-order valence-corrected chi connectivity index (χ1v) is 6.75. The zero-order valence-corrected chi connectivity index (χ0v) is 12.9. The van der Waals surface area contributed by atoms with Crippen LogP contribution in [0.4, 0.5) is 11.5 Å². The van der Waals surface area contributed by atoms with Crippen LogP contribution in [0.3, 0.4) is 0 Å². The molecule has 0 amide bonds. The fourth-order valence-corrected chi connectivity index (χ4v) is 2.37. The number of hydrogen-bond acceptors (Lipinski definition) is 3. The Bertz CT molecular complexity index is 602. The Morgan fingerprint density at radius 1 is 1.11 bits per heavy atom. The lowest BCUT2D eigenvalue weighted by atomic mass is 10.3. The summed E-state index contributed by atoms with van der Waals surface area (Å²) >= 11 is 15.4. The molecule has 0 atom stereocenters. The van der Waals surface area contributed by atoms with Crippen molar-refractivity contribution in [3.05, 3.63) is 44.2 Å². The van der Waals surface area contributed by atoms with Gasteiger partial charge < -0.3 is 5.32 Å². The first-order valence-electron chi connectivity index (χ1n) is 5.20. The maximum Gasteiger partial charge on any atom is 0.172 e. The Kier molecular flexibility index (Phi) is 4.10. The molecular weight excluding hydrogens is 337 g/mol. The van der Waals surface area contributed by atoms with Gasteiger partial charge in [0.15, 0.2) is 11.0 Å². The molecule has 1 aromatic carbocycles. The fourth-order valence-electron chi connectivity index (χ4n) is 1.37. The molecule has 94 valence electrons. The number of hydrogen-bond donors (Lipinski definition) is 1. The lowest BCUT2D eigenvalue weighted by Crippen LogP contribution is -2.01. The number of aryl methyl sites for hydroxylation is 2. The normalized spacial score (nSPS) is 10.5. The summed E-state index contributed by atoms with van der Waals surface area (Å²) in [5.74, 6) is 0.530. The van der Waals surface area contributed by atoms with Gasteiger partial charge in [-0.3, -0.25) is 0 Å². The van der Waals surface area contributed by atoms with E-state index in [1.165, 1.54) is 0 Å². The molecule has 0 saturated heterocycles. The molecule has 2 aromatic rings. The van der Waals surface area contributed by atoms with Gasteiger partial charge in [-0.1, -0.05) is 23.2 Å². The minimum absolute atomic E-state index is 0.347. The fraction of sp³-hybridized carbons (Fsp3) is 0.167. The van der Waals surface area contributed by atoms with E-state index in [0.717, 1.165) is 21.5 Å². The maximum atomic E-state index is 6.06. The highest BCUT2D eigenvalue weighted by molar-refractivity contribution is 9.10. The van der Waals surface area contributed by atoms with Crippen LogP contribution in [0.5, 0.6) is 0 Å². The second-order valence-electron chi connectivity index (χ2n) is 3.78. The average molecular weight is 347 g/mol. The second-order valence-corrected chi connectivity index (χ2v) is 5.43. The van der Waals surface area contributed by atoms with Gasteiger partial charge in [0.05, 0.1) is 17.1 Å². The average Bonchev–Trinajstić information content (AvgIpc) is 2.29. The third-order valence-corrected chi connectivity index (χ3v) is 3.60. The van der Waals surface area contributed by atoms with Gasteiger partial charge in [0.2, 0.25) is 0 Å². The molecule has 0 unspecified atom stereocenters. The van der Waals surface area contributed by atoms with Crippen molar-refractivity contribution < 1.29 is 0 Å². The minimum atomic E-state index is 0.347. The van der Waals surface area contributed by atoms with Crippen LogP contribution in [-0.4, -0.2) is 9.97 Å². The van der Waals surface area contributed by atoms with Crippen molar-refractivity contribution in [2.45, 2.75) is 13.8 Å². The third kappa shape index (κ3) is 2.94. The number of nitrogens with zero attached hydrogens (tertiary/aromatic N) is 2. The van der Waals surface area contributed by atoms with E-state index in [9.17, 15) is 0 Å². The van der Waals surface area contributed by atoms with E-state index in [4.69, 9.17) is 23.2 Å². The summed E-state index contributed by atoms with van der Waals surface area (Å²) < 4.78 is 0.839. The summed E-state index contributed by atoms with van der Waals surface area (Å²) in [5.41, 5.74) is 2.49. The molecule has 6 heteroatoms. The molecule has 0 spiro atoms. The van der Waals surface area contributed by atoms with Gasteiger partial charge >= 0.3 is 0 Å². The molecule has 0 aliphatic rings. The van der Waals surface area contributed by atoms with Crippen molar-refractivity contribution >= 4 is 50.6 Å². The lowest BCUT2D eigenvalue weighted by molar-refractivity contribution is 1.05. The van der Waals surface area contributed by atoms with Crippen LogP contribution < -0.4 is 5.32 Å². The Morgan fingerprint density at radius 2 is 1.78 bits per heavy atom. The summed E-state index contributed by atoms with van der Waals surface area (Å²) in [7, 11) is 0. The van der Waals surface area contributed by atoms with Crippen molar-refractivity contribution in [3.8, 4) is 0 Å². The van der Waals surface area contributed by atoms with Crippen LogP contribution in [-0.2, 0) is 0 Å². The van der Waals surface area contributed by atoms with Gasteiger partial charge in [-0.2, -0.15) is 0 Å². The molecule has 0 bridgehead atoms. The highest BCUT2D eigenvalue weighted by atomic mass is 79.9. The Morgan fingerprint density at radius 3 is 2.44 bits per heavy atom. The zero-order valence-electron chi connectivity index (χ0n) is 9.76. The van der Waals surface area contributed by atoms with Crippen molar-refractivity contribution in [1.29, 1.82) is 0 Å². The van der Waals surface area contributed by atoms with E-state index >= 15 is 0 Å². The minimum Gasteiger partial charge on any atom is -0.337 e. The number of aromatic nitrogens is 2. The van der Waals surface area contributed by atoms with Crippen molar-refractivity contribution in [2.75, 3.05) is 5.32 Å². The van der Waals surface area contributed by atoms with Crippen molar-refractivity contribution in [3.63, 3.8) is 0 Å². The number of rotatable bonds is 2. The molecule has 3 nitrogen and oxygen atoms in total. The van der Waals surface area contributed by atoms with E-state index in [1.54, 1.807) is 12.1 Å². The Hall–Kier alpha value is -0.840. The Labute approximate surface area is 124 Å². The zero-order chi connectivity index (χ0) is 13.3. The summed E-state index contributed by atoms with van der Waals surface area (Å²) in [6, 6.07) is 5.43. The second kappa shape index (κ2) is 5.43. The van der Waals surface area contributed by atoms with Gasteiger partial charge in [-0.05, 0) is 48.0 Å². The van der Waals surface area contributed by atoms with Crippen molar-refractivity contribution in [2.24, 2.45) is 0 Å². The number of benzene rings is 1. The quantitative estimate of drug-likeness (QED) is 0.839. The highest BCUT2D eigenvalue weighted by Gasteiger charge is 2.09. The van der Waals surface area contributed by atoms with Gasteiger partial charge in [-0.25, -0.2) is 9.97 Å². The topological polar surface area (TPSA) is 37.8 Å². The number of nitrogens with one attached hydrogen (secondary N) is 1. The first kappa shape index (κ1) is 13.6. The summed E-state index contributed by atoms with van der Waals surface area (Å²) in [6.07, 6.45) is 0. The molecule has 0 aliphatic heterocycles. The van der Waals surface area contributed by atoms with Gasteiger partial charge in [0, 0.05) is 9.50 Å². The number of halogens is 3. The summed E-state index contributed by atoms with van der Waals surface area (Å²) in [6.45, 7) is 3.76.